The fourth-order valence-corrected chi connectivity index (χ4v) is 1.20. The second-order valence-electron chi connectivity index (χ2n) is 2.67. The number of pyridine rings is 1. The van der Waals surface area contributed by atoms with Gasteiger partial charge in [0.1, 0.15) is 5.69 Å². The standard InChI is InChI=1S/C9H5NO3/c11-6-2-3-7(12)9-5(6)1-4-8(13)10-9/h1-4H,(H,10,13). The molecule has 13 heavy (non-hydrogen) atoms. The number of ketones is 2. The lowest BCUT2D eigenvalue weighted by Crippen LogP contribution is -2.19. The molecule has 64 valence electrons. The lowest BCUT2D eigenvalue weighted by molar-refractivity contribution is 0.0990. The minimum atomic E-state index is -0.379. The third-order valence-electron chi connectivity index (χ3n) is 1.82. The Hall–Kier alpha value is -1.97. The van der Waals surface area contributed by atoms with Gasteiger partial charge < -0.3 is 4.98 Å². The van der Waals surface area contributed by atoms with E-state index in [-0.39, 0.29) is 28.4 Å². The van der Waals surface area contributed by atoms with Gasteiger partial charge in [-0.2, -0.15) is 0 Å². The van der Waals surface area contributed by atoms with E-state index in [1.165, 1.54) is 18.2 Å². The molecule has 1 aromatic heterocycles. The smallest absolute Gasteiger partial charge is 0.248 e. The van der Waals surface area contributed by atoms with Crippen LogP contribution in [0.5, 0.6) is 0 Å². The highest BCUT2D eigenvalue weighted by Gasteiger charge is 2.18. The zero-order valence-electron chi connectivity index (χ0n) is 6.53. The summed E-state index contributed by atoms with van der Waals surface area (Å²) in [6, 6.07) is 2.58. The zero-order chi connectivity index (χ0) is 9.42. The fraction of sp³-hybridized carbons (Fsp3) is 0. The third-order valence-corrected chi connectivity index (χ3v) is 1.82. The number of hydrogen-bond acceptors (Lipinski definition) is 3. The summed E-state index contributed by atoms with van der Waals surface area (Å²) in [4.78, 5) is 35.5. The maximum Gasteiger partial charge on any atom is 0.248 e. The maximum absolute atomic E-state index is 11.2. The molecule has 0 saturated heterocycles. The van der Waals surface area contributed by atoms with Gasteiger partial charge in [-0.15, -0.1) is 0 Å². The maximum atomic E-state index is 11.2. The Kier molecular flexibility index (Phi) is 1.48. The molecule has 0 saturated carbocycles. The number of hydrogen-bond donors (Lipinski definition) is 1. The first-order valence-corrected chi connectivity index (χ1v) is 3.68. The first-order chi connectivity index (χ1) is 6.18. The molecule has 0 amide bonds. The molecule has 1 N–H and O–H groups in total. The molecule has 1 heterocycles. The van der Waals surface area contributed by atoms with Crippen LogP contribution in [-0.4, -0.2) is 16.6 Å². The van der Waals surface area contributed by atoms with Crippen LogP contribution in [0, 0.1) is 0 Å². The van der Waals surface area contributed by atoms with Crippen molar-refractivity contribution in [3.05, 3.63) is 45.9 Å². The van der Waals surface area contributed by atoms with Crippen LogP contribution < -0.4 is 5.56 Å². The molecule has 1 aromatic rings. The van der Waals surface area contributed by atoms with E-state index < -0.39 is 0 Å². The Bertz CT molecular complexity index is 482. The molecule has 0 spiro atoms. The van der Waals surface area contributed by atoms with Crippen molar-refractivity contribution in [2.45, 2.75) is 0 Å². The predicted octanol–water partition coefficient (Wildman–Crippen LogP) is 0.310. The van der Waals surface area contributed by atoms with Crippen LogP contribution in [0.15, 0.2) is 29.1 Å². The van der Waals surface area contributed by atoms with Crippen LogP contribution >= 0.6 is 0 Å². The summed E-state index contributed by atoms with van der Waals surface area (Å²) in [6.07, 6.45) is 2.35. The van der Waals surface area contributed by atoms with Crippen molar-refractivity contribution >= 4 is 11.6 Å². The molecule has 4 heteroatoms. The lowest BCUT2D eigenvalue weighted by Gasteiger charge is -2.06. The first kappa shape index (κ1) is 7.67. The van der Waals surface area contributed by atoms with Gasteiger partial charge in [0.15, 0.2) is 5.78 Å². The molecule has 1 aliphatic rings. The van der Waals surface area contributed by atoms with E-state index >= 15 is 0 Å². The number of allylic oxidation sites excluding steroid dienone is 2. The van der Waals surface area contributed by atoms with E-state index in [0.29, 0.717) is 0 Å². The topological polar surface area (TPSA) is 67.0 Å². The quantitative estimate of drug-likeness (QED) is 0.617. The molecule has 0 unspecified atom stereocenters. The van der Waals surface area contributed by atoms with Crippen molar-refractivity contribution in [3.63, 3.8) is 0 Å². The average molecular weight is 175 g/mol. The van der Waals surface area contributed by atoms with Gasteiger partial charge in [-0.1, -0.05) is 0 Å². The van der Waals surface area contributed by atoms with E-state index in [1.807, 2.05) is 0 Å². The van der Waals surface area contributed by atoms with Crippen molar-refractivity contribution in [3.8, 4) is 0 Å². The highest BCUT2D eigenvalue weighted by Crippen LogP contribution is 2.11. The van der Waals surface area contributed by atoms with Gasteiger partial charge in [0.25, 0.3) is 0 Å². The summed E-state index contributed by atoms with van der Waals surface area (Å²) in [7, 11) is 0. The van der Waals surface area contributed by atoms with Crippen molar-refractivity contribution in [2.24, 2.45) is 0 Å². The van der Waals surface area contributed by atoms with Gasteiger partial charge >= 0.3 is 0 Å². The molecule has 2 rings (SSSR count). The molecule has 0 aliphatic heterocycles. The lowest BCUT2D eigenvalue weighted by atomic mass is 10.0. The highest BCUT2D eigenvalue weighted by molar-refractivity contribution is 6.21. The van der Waals surface area contributed by atoms with Crippen LogP contribution in [0.25, 0.3) is 0 Å². The van der Waals surface area contributed by atoms with Crippen LogP contribution in [0.4, 0.5) is 0 Å². The summed E-state index contributed by atoms with van der Waals surface area (Å²) in [5.74, 6) is -0.599. The Labute approximate surface area is 72.9 Å². The van der Waals surface area contributed by atoms with E-state index in [2.05, 4.69) is 4.98 Å². The third kappa shape index (κ3) is 1.12. The Morgan fingerprint density at radius 1 is 0.923 bits per heavy atom. The molecule has 0 aromatic carbocycles. The minimum Gasteiger partial charge on any atom is -0.319 e. The van der Waals surface area contributed by atoms with Gasteiger partial charge in [0.05, 0.1) is 0 Å². The van der Waals surface area contributed by atoms with Gasteiger partial charge in [-0.3, -0.25) is 14.4 Å². The minimum absolute atomic E-state index is 0.0833. The molecule has 0 radical (unpaired) electrons. The zero-order valence-corrected chi connectivity index (χ0v) is 6.53. The molecule has 0 bridgehead atoms. The Morgan fingerprint density at radius 2 is 1.62 bits per heavy atom. The number of aromatic amines is 1. The molecule has 1 aliphatic carbocycles. The molecule has 0 atom stereocenters. The second-order valence-corrected chi connectivity index (χ2v) is 2.67. The molecule has 0 fully saturated rings. The summed E-state index contributed by atoms with van der Waals surface area (Å²) >= 11 is 0. The van der Waals surface area contributed by atoms with Crippen molar-refractivity contribution in [1.82, 2.24) is 4.98 Å². The van der Waals surface area contributed by atoms with Gasteiger partial charge in [0, 0.05) is 11.6 Å². The van der Waals surface area contributed by atoms with Crippen molar-refractivity contribution in [1.29, 1.82) is 0 Å². The SMILES string of the molecule is O=C1C=CC(=O)c2[nH]c(=O)ccc21. The van der Waals surface area contributed by atoms with Crippen LogP contribution in [-0.2, 0) is 0 Å². The summed E-state index contributed by atoms with van der Waals surface area (Å²) < 4.78 is 0. The Balaban J connectivity index is 2.76. The molecular formula is C9H5NO3. The number of carbonyl (C=O) groups excluding carboxylic acids is 2. The van der Waals surface area contributed by atoms with Gasteiger partial charge in [-0.25, -0.2) is 0 Å². The number of carbonyl (C=O) groups is 2. The number of fused-ring (bicyclic) bond motifs is 1. The van der Waals surface area contributed by atoms with Gasteiger partial charge in [-0.05, 0) is 18.2 Å². The van der Waals surface area contributed by atoms with Gasteiger partial charge in [0.2, 0.25) is 11.3 Å². The predicted molar refractivity (Wildman–Crippen MR) is 44.9 cm³/mol. The number of nitrogens with one attached hydrogen (secondary N) is 1. The monoisotopic (exact) mass is 175 g/mol. The summed E-state index contributed by atoms with van der Waals surface area (Å²) in [5, 5.41) is 0. The van der Waals surface area contributed by atoms with E-state index in [0.717, 1.165) is 6.08 Å². The first-order valence-electron chi connectivity index (χ1n) is 3.68. The summed E-state index contributed by atoms with van der Waals surface area (Å²) in [5.41, 5.74) is -0.0395. The second kappa shape index (κ2) is 2.52. The summed E-state index contributed by atoms with van der Waals surface area (Å²) in [6.45, 7) is 0. The van der Waals surface area contributed by atoms with E-state index in [9.17, 15) is 14.4 Å². The normalized spacial score (nSPS) is 14.5. The largest absolute Gasteiger partial charge is 0.319 e. The fourth-order valence-electron chi connectivity index (χ4n) is 1.20. The van der Waals surface area contributed by atoms with E-state index in [4.69, 9.17) is 0 Å². The molecule has 4 nitrogen and oxygen atoms in total. The number of aromatic nitrogens is 1. The van der Waals surface area contributed by atoms with Crippen LogP contribution in [0.1, 0.15) is 20.8 Å². The Morgan fingerprint density at radius 3 is 2.38 bits per heavy atom. The average Bonchev–Trinajstić information content (AvgIpc) is 2.12. The van der Waals surface area contributed by atoms with Crippen LogP contribution in [0.2, 0.25) is 0 Å². The molecular weight excluding hydrogens is 170 g/mol. The van der Waals surface area contributed by atoms with Crippen molar-refractivity contribution < 1.29 is 9.59 Å². The number of H-pyrrole nitrogens is 1. The van der Waals surface area contributed by atoms with Crippen molar-refractivity contribution in [2.75, 3.05) is 0 Å². The number of rotatable bonds is 0. The highest BCUT2D eigenvalue weighted by atomic mass is 16.1. The van der Waals surface area contributed by atoms with E-state index in [1.54, 1.807) is 0 Å². The van der Waals surface area contributed by atoms with Crippen LogP contribution in [0.3, 0.4) is 0 Å².